The predicted octanol–water partition coefficient (Wildman–Crippen LogP) is 6.15. The average molecular weight is 492 g/mol. The van der Waals surface area contributed by atoms with Crippen LogP contribution < -0.4 is 14.2 Å². The molecular formula is C24H26ClNO4S2. The average Bonchev–Trinajstić information content (AvgIpc) is 3.03. The van der Waals surface area contributed by atoms with Crippen molar-refractivity contribution in [2.45, 2.75) is 26.2 Å². The van der Waals surface area contributed by atoms with Crippen molar-refractivity contribution in [1.82, 2.24) is 4.90 Å². The van der Waals surface area contributed by atoms with Crippen LogP contribution in [0.1, 0.15) is 37.3 Å². The molecule has 1 unspecified atom stereocenters. The van der Waals surface area contributed by atoms with Crippen molar-refractivity contribution in [2.24, 2.45) is 0 Å². The zero-order valence-corrected chi connectivity index (χ0v) is 20.9. The van der Waals surface area contributed by atoms with Crippen molar-refractivity contribution in [1.29, 1.82) is 0 Å². The zero-order chi connectivity index (χ0) is 23.3. The first-order valence-corrected chi connectivity index (χ1v) is 11.9. The van der Waals surface area contributed by atoms with Gasteiger partial charge in [0.15, 0.2) is 11.5 Å². The van der Waals surface area contributed by atoms with E-state index in [1.165, 1.54) is 22.2 Å². The minimum atomic E-state index is -0.134. The molecule has 1 atom stereocenters. The molecule has 2 aromatic carbocycles. The van der Waals surface area contributed by atoms with Crippen molar-refractivity contribution in [3.8, 4) is 17.2 Å². The monoisotopic (exact) mass is 491 g/mol. The number of thioether (sulfide) groups is 1. The molecule has 0 spiro atoms. The number of benzene rings is 2. The normalized spacial score (nSPS) is 15.9. The van der Waals surface area contributed by atoms with Gasteiger partial charge in [-0.05, 0) is 53.8 Å². The fraction of sp³-hybridized carbons (Fsp3) is 0.333. The van der Waals surface area contributed by atoms with Gasteiger partial charge in [0.25, 0.3) is 5.91 Å². The predicted molar refractivity (Wildman–Crippen MR) is 135 cm³/mol. The summed E-state index contributed by atoms with van der Waals surface area (Å²) in [7, 11) is 3.20. The Kier molecular flexibility index (Phi) is 8.45. The lowest BCUT2D eigenvalue weighted by molar-refractivity contribution is -0.121. The Balaban J connectivity index is 1.62. The number of thiocarbonyl (C=S) groups is 1. The van der Waals surface area contributed by atoms with E-state index in [9.17, 15) is 4.79 Å². The van der Waals surface area contributed by atoms with Gasteiger partial charge in [0.1, 0.15) is 23.3 Å². The molecule has 0 N–H and O–H groups in total. The zero-order valence-electron chi connectivity index (χ0n) is 18.5. The van der Waals surface area contributed by atoms with Crippen LogP contribution >= 0.6 is 35.6 Å². The number of amides is 1. The highest BCUT2D eigenvalue weighted by molar-refractivity contribution is 8.26. The second-order valence-corrected chi connectivity index (χ2v) is 9.43. The molecule has 8 heteroatoms. The number of halogens is 1. The van der Waals surface area contributed by atoms with Crippen LogP contribution in [-0.4, -0.2) is 42.5 Å². The van der Waals surface area contributed by atoms with Gasteiger partial charge < -0.3 is 14.2 Å². The van der Waals surface area contributed by atoms with Crippen LogP contribution in [-0.2, 0) is 4.79 Å². The summed E-state index contributed by atoms with van der Waals surface area (Å²) in [6.45, 7) is 5.05. The van der Waals surface area contributed by atoms with Gasteiger partial charge in [0.2, 0.25) is 0 Å². The maximum atomic E-state index is 12.2. The van der Waals surface area contributed by atoms with Gasteiger partial charge in [-0.15, -0.1) is 0 Å². The Bertz CT molecular complexity index is 1020. The van der Waals surface area contributed by atoms with Gasteiger partial charge in [-0.25, -0.2) is 0 Å². The van der Waals surface area contributed by atoms with Crippen LogP contribution in [0.15, 0.2) is 41.3 Å². The Morgan fingerprint density at radius 2 is 1.88 bits per heavy atom. The first-order valence-electron chi connectivity index (χ1n) is 10.3. The molecule has 1 aliphatic rings. The number of carbonyl (C=O) groups excluding carboxylic acids is 1. The van der Waals surface area contributed by atoms with E-state index in [-0.39, 0.29) is 5.91 Å². The molecule has 1 fully saturated rings. The number of hydrogen-bond donors (Lipinski definition) is 0. The summed E-state index contributed by atoms with van der Waals surface area (Å²) in [6.07, 6.45) is 2.85. The summed E-state index contributed by atoms with van der Waals surface area (Å²) in [5, 5.41) is 0.389. The number of carbonyl (C=O) groups is 1. The van der Waals surface area contributed by atoms with Crippen molar-refractivity contribution in [2.75, 3.05) is 27.4 Å². The van der Waals surface area contributed by atoms with Gasteiger partial charge in [-0.2, -0.15) is 0 Å². The van der Waals surface area contributed by atoms with Crippen molar-refractivity contribution < 1.29 is 19.0 Å². The van der Waals surface area contributed by atoms with E-state index in [1.807, 2.05) is 12.1 Å². The van der Waals surface area contributed by atoms with Gasteiger partial charge in [0, 0.05) is 7.05 Å². The standard InChI is InChI=1S/C24H26ClNO4S2/c1-5-15(2)17-6-8-18(9-7-17)29-10-11-30-22-19(25)12-16(13-20(22)28-4)14-21-23(27)26(3)24(31)32-21/h6-9,12-15H,5,10-11H2,1-4H3/b21-14-. The maximum absolute atomic E-state index is 12.2. The van der Waals surface area contributed by atoms with Crippen LogP contribution in [0.5, 0.6) is 17.2 Å². The van der Waals surface area contributed by atoms with Crippen LogP contribution in [0.4, 0.5) is 0 Å². The molecule has 5 nitrogen and oxygen atoms in total. The van der Waals surface area contributed by atoms with Gasteiger partial charge in [0.05, 0.1) is 17.0 Å². The number of nitrogens with zero attached hydrogens (tertiary/aromatic N) is 1. The highest BCUT2D eigenvalue weighted by Crippen LogP contribution is 2.38. The molecule has 1 saturated heterocycles. The van der Waals surface area contributed by atoms with Crippen LogP contribution in [0, 0.1) is 0 Å². The Labute approximate surface area is 203 Å². The Hall–Kier alpha value is -2.22. The number of hydrogen-bond acceptors (Lipinski definition) is 6. The van der Waals surface area contributed by atoms with Crippen LogP contribution in [0.25, 0.3) is 6.08 Å². The maximum Gasteiger partial charge on any atom is 0.265 e. The lowest BCUT2D eigenvalue weighted by atomic mass is 9.99. The minimum Gasteiger partial charge on any atom is -0.493 e. The van der Waals surface area contributed by atoms with Gasteiger partial charge in [-0.3, -0.25) is 9.69 Å². The SMILES string of the molecule is CCC(C)c1ccc(OCCOc2c(Cl)cc(/C=C3\SC(=S)N(C)C3=O)cc2OC)cc1. The topological polar surface area (TPSA) is 48.0 Å². The third-order valence-corrected chi connectivity index (χ3v) is 6.96. The van der Waals surface area contributed by atoms with E-state index in [0.29, 0.717) is 44.9 Å². The molecule has 0 saturated carbocycles. The number of rotatable bonds is 9. The summed E-state index contributed by atoms with van der Waals surface area (Å²) in [6, 6.07) is 11.6. The lowest BCUT2D eigenvalue weighted by Crippen LogP contribution is -2.22. The smallest absolute Gasteiger partial charge is 0.265 e. The van der Waals surface area contributed by atoms with Crippen LogP contribution in [0.2, 0.25) is 5.02 Å². The van der Waals surface area contributed by atoms with E-state index in [1.54, 1.807) is 32.4 Å². The molecule has 0 aliphatic carbocycles. The van der Waals surface area contributed by atoms with Gasteiger partial charge in [-0.1, -0.05) is 61.6 Å². The highest BCUT2D eigenvalue weighted by atomic mass is 35.5. The number of likely N-dealkylation sites (N-methyl/N-ethyl adjacent to an activating group) is 1. The van der Waals surface area contributed by atoms with E-state index in [2.05, 4.69) is 26.0 Å². The first kappa shape index (κ1) is 24.4. The Morgan fingerprint density at radius 1 is 1.19 bits per heavy atom. The molecule has 170 valence electrons. The van der Waals surface area contributed by atoms with Crippen molar-refractivity contribution >= 4 is 51.9 Å². The largest absolute Gasteiger partial charge is 0.493 e. The quantitative estimate of drug-likeness (QED) is 0.238. The van der Waals surface area contributed by atoms with Gasteiger partial charge >= 0.3 is 0 Å². The summed E-state index contributed by atoms with van der Waals surface area (Å²) < 4.78 is 17.6. The summed E-state index contributed by atoms with van der Waals surface area (Å²) in [5.74, 6) is 2.11. The summed E-state index contributed by atoms with van der Waals surface area (Å²) in [5.41, 5.74) is 2.03. The van der Waals surface area contributed by atoms with E-state index < -0.39 is 0 Å². The Morgan fingerprint density at radius 3 is 2.47 bits per heavy atom. The van der Waals surface area contributed by atoms with E-state index in [0.717, 1.165) is 17.7 Å². The number of ether oxygens (including phenoxy) is 3. The highest BCUT2D eigenvalue weighted by Gasteiger charge is 2.28. The molecular weight excluding hydrogens is 466 g/mol. The molecule has 1 amide bonds. The van der Waals surface area contributed by atoms with Crippen LogP contribution in [0.3, 0.4) is 0 Å². The molecule has 0 bridgehead atoms. The molecule has 2 aromatic rings. The van der Waals surface area contributed by atoms with E-state index >= 15 is 0 Å². The van der Waals surface area contributed by atoms with E-state index in [4.69, 9.17) is 38.0 Å². The molecule has 0 radical (unpaired) electrons. The lowest BCUT2D eigenvalue weighted by Gasteiger charge is -2.14. The molecule has 3 rings (SSSR count). The minimum absolute atomic E-state index is 0.134. The molecule has 1 aliphatic heterocycles. The fourth-order valence-electron chi connectivity index (χ4n) is 3.09. The van der Waals surface area contributed by atoms with Crippen molar-refractivity contribution in [3.05, 3.63) is 57.5 Å². The molecule has 1 heterocycles. The first-order chi connectivity index (χ1) is 15.3. The third-order valence-electron chi connectivity index (χ3n) is 5.20. The summed E-state index contributed by atoms with van der Waals surface area (Å²) in [4.78, 5) is 14.2. The second kappa shape index (κ2) is 11.1. The summed E-state index contributed by atoms with van der Waals surface area (Å²) >= 11 is 12.9. The fourth-order valence-corrected chi connectivity index (χ4v) is 4.54. The molecule has 32 heavy (non-hydrogen) atoms. The molecule has 0 aromatic heterocycles. The third kappa shape index (κ3) is 5.77. The van der Waals surface area contributed by atoms with Crippen molar-refractivity contribution in [3.63, 3.8) is 0 Å². The second-order valence-electron chi connectivity index (χ2n) is 7.35. The number of methoxy groups -OCH3 is 1.